The number of para-hydroxylation sites is 1. The molecule has 186 valence electrons. The second-order valence-corrected chi connectivity index (χ2v) is 11.4. The average Bonchev–Trinajstić information content (AvgIpc) is 3.64. The van der Waals surface area contributed by atoms with Crippen molar-refractivity contribution in [3.05, 3.63) is 133 Å². The Balaban J connectivity index is 1.44. The van der Waals surface area contributed by atoms with Crippen LogP contribution in [0.5, 0.6) is 0 Å². The average molecular weight is 527 g/mol. The highest BCUT2D eigenvalue weighted by atomic mass is 32.1. The van der Waals surface area contributed by atoms with Crippen molar-refractivity contribution in [1.82, 2.24) is 0 Å². The van der Waals surface area contributed by atoms with E-state index in [-0.39, 0.29) is 0 Å². The monoisotopic (exact) mass is 526 g/mol. The van der Waals surface area contributed by atoms with Gasteiger partial charge in [-0.05, 0) is 84.2 Å². The van der Waals surface area contributed by atoms with E-state index in [2.05, 4.69) is 127 Å². The van der Waals surface area contributed by atoms with Gasteiger partial charge in [0.2, 0.25) is 0 Å². The van der Waals surface area contributed by atoms with Gasteiger partial charge in [0.25, 0.3) is 0 Å². The van der Waals surface area contributed by atoms with Crippen LogP contribution in [-0.2, 0) is 0 Å². The number of fused-ring (bicyclic) bond motifs is 8. The van der Waals surface area contributed by atoms with Crippen molar-refractivity contribution in [2.75, 3.05) is 0 Å². The molecule has 0 spiro atoms. The second kappa shape index (κ2) is 8.29. The van der Waals surface area contributed by atoms with Crippen LogP contribution < -0.4 is 0 Å². The minimum Gasteiger partial charge on any atom is -0.456 e. The maximum Gasteiger partial charge on any atom is 0.137 e. The van der Waals surface area contributed by atoms with E-state index >= 15 is 0 Å². The standard InChI is InChI=1S/C38H22OS/c1-2-10-24-21-25(18-17-23(24)9-1)35-26-11-3-5-13-28(26)36(29-14-6-4-12-27(29)35)32-22-34-37(38-30(32)19-20-40-38)31-15-7-8-16-33(31)39-34/h1-22H. The molecule has 0 amide bonds. The SMILES string of the molecule is c1ccc2cc(-c3c4ccccc4c(-c4cc5oc6ccccc6c5c5sccc45)c4ccccc34)ccc2c1. The first-order valence-electron chi connectivity index (χ1n) is 13.6. The lowest BCUT2D eigenvalue weighted by Gasteiger charge is -2.18. The predicted molar refractivity (Wildman–Crippen MR) is 172 cm³/mol. The third kappa shape index (κ3) is 3.03. The van der Waals surface area contributed by atoms with Crippen molar-refractivity contribution in [2.45, 2.75) is 0 Å². The molecule has 0 fully saturated rings. The second-order valence-electron chi connectivity index (χ2n) is 10.5. The Labute approximate surface area is 234 Å². The molecule has 0 N–H and O–H groups in total. The van der Waals surface area contributed by atoms with Crippen LogP contribution in [0.4, 0.5) is 0 Å². The fourth-order valence-corrected chi connectivity index (χ4v) is 7.58. The normalized spacial score (nSPS) is 12.0. The largest absolute Gasteiger partial charge is 0.456 e. The van der Waals surface area contributed by atoms with E-state index in [0.29, 0.717) is 0 Å². The molecule has 2 heterocycles. The van der Waals surface area contributed by atoms with Crippen molar-refractivity contribution in [2.24, 2.45) is 0 Å². The van der Waals surface area contributed by atoms with Crippen LogP contribution in [0.1, 0.15) is 0 Å². The summed E-state index contributed by atoms with van der Waals surface area (Å²) in [5, 5.41) is 13.4. The van der Waals surface area contributed by atoms with Gasteiger partial charge < -0.3 is 4.42 Å². The number of thiophene rings is 1. The minimum atomic E-state index is 0.936. The van der Waals surface area contributed by atoms with E-state index in [1.54, 1.807) is 11.3 Å². The van der Waals surface area contributed by atoms with E-state index in [1.165, 1.54) is 75.4 Å². The minimum absolute atomic E-state index is 0.936. The maximum atomic E-state index is 6.46. The van der Waals surface area contributed by atoms with Gasteiger partial charge in [-0.3, -0.25) is 0 Å². The molecule has 0 aliphatic heterocycles. The Morgan fingerprint density at radius 3 is 1.82 bits per heavy atom. The van der Waals surface area contributed by atoms with Gasteiger partial charge in [0, 0.05) is 20.9 Å². The van der Waals surface area contributed by atoms with Crippen LogP contribution in [0.15, 0.2) is 137 Å². The van der Waals surface area contributed by atoms with Crippen LogP contribution in [0.3, 0.4) is 0 Å². The van der Waals surface area contributed by atoms with Gasteiger partial charge in [0.1, 0.15) is 11.2 Å². The third-order valence-corrected chi connectivity index (χ3v) is 9.25. The quantitative estimate of drug-likeness (QED) is 0.204. The molecule has 0 bridgehead atoms. The van der Waals surface area contributed by atoms with Gasteiger partial charge >= 0.3 is 0 Å². The third-order valence-electron chi connectivity index (χ3n) is 8.32. The summed E-state index contributed by atoms with van der Waals surface area (Å²) >= 11 is 1.80. The van der Waals surface area contributed by atoms with Crippen LogP contribution in [-0.4, -0.2) is 0 Å². The molecular formula is C38H22OS. The molecule has 0 atom stereocenters. The van der Waals surface area contributed by atoms with Crippen molar-refractivity contribution in [3.63, 3.8) is 0 Å². The summed E-state index contributed by atoms with van der Waals surface area (Å²) in [6.07, 6.45) is 0. The zero-order chi connectivity index (χ0) is 26.2. The van der Waals surface area contributed by atoms with Gasteiger partial charge in [-0.2, -0.15) is 0 Å². The molecule has 2 heteroatoms. The summed E-state index contributed by atoms with van der Waals surface area (Å²) < 4.78 is 7.74. The molecule has 1 nitrogen and oxygen atoms in total. The highest BCUT2D eigenvalue weighted by Gasteiger charge is 2.21. The zero-order valence-electron chi connectivity index (χ0n) is 21.5. The number of furan rings is 1. The van der Waals surface area contributed by atoms with E-state index in [4.69, 9.17) is 4.42 Å². The first-order chi connectivity index (χ1) is 19.8. The van der Waals surface area contributed by atoms with E-state index in [0.717, 1.165) is 11.2 Å². The Morgan fingerprint density at radius 1 is 0.450 bits per heavy atom. The summed E-state index contributed by atoms with van der Waals surface area (Å²) in [5.41, 5.74) is 6.89. The molecule has 0 saturated carbocycles. The Morgan fingerprint density at radius 2 is 1.07 bits per heavy atom. The molecule has 40 heavy (non-hydrogen) atoms. The number of hydrogen-bond donors (Lipinski definition) is 0. The predicted octanol–water partition coefficient (Wildman–Crippen LogP) is 11.6. The van der Waals surface area contributed by atoms with Crippen molar-refractivity contribution >= 4 is 75.7 Å². The van der Waals surface area contributed by atoms with Crippen LogP contribution in [0.25, 0.3) is 86.6 Å². The molecule has 0 radical (unpaired) electrons. The van der Waals surface area contributed by atoms with Crippen molar-refractivity contribution in [3.8, 4) is 22.3 Å². The van der Waals surface area contributed by atoms with Crippen LogP contribution in [0.2, 0.25) is 0 Å². The topological polar surface area (TPSA) is 13.1 Å². The summed E-state index contributed by atoms with van der Waals surface area (Å²) in [4.78, 5) is 0. The molecule has 7 aromatic carbocycles. The molecule has 0 unspecified atom stereocenters. The zero-order valence-corrected chi connectivity index (χ0v) is 22.3. The molecule has 2 aromatic heterocycles. The lowest BCUT2D eigenvalue weighted by molar-refractivity contribution is 0.669. The number of hydrogen-bond acceptors (Lipinski definition) is 2. The Hall–Kier alpha value is -4.92. The van der Waals surface area contributed by atoms with Gasteiger partial charge in [0.15, 0.2) is 0 Å². The van der Waals surface area contributed by atoms with E-state index < -0.39 is 0 Å². The number of rotatable bonds is 2. The summed E-state index contributed by atoms with van der Waals surface area (Å²) in [6.45, 7) is 0. The van der Waals surface area contributed by atoms with Crippen molar-refractivity contribution in [1.29, 1.82) is 0 Å². The molecule has 0 saturated heterocycles. The number of benzene rings is 7. The highest BCUT2D eigenvalue weighted by molar-refractivity contribution is 7.18. The van der Waals surface area contributed by atoms with Crippen LogP contribution >= 0.6 is 11.3 Å². The van der Waals surface area contributed by atoms with Gasteiger partial charge in [-0.15, -0.1) is 11.3 Å². The highest BCUT2D eigenvalue weighted by Crippen LogP contribution is 2.48. The molecule has 9 rings (SSSR count). The Kier molecular flexibility index (Phi) is 4.55. The first kappa shape index (κ1) is 22.0. The Bertz CT molecular complexity index is 2380. The van der Waals surface area contributed by atoms with Crippen molar-refractivity contribution < 1.29 is 4.42 Å². The summed E-state index contributed by atoms with van der Waals surface area (Å²) in [5.74, 6) is 0. The fourth-order valence-electron chi connectivity index (χ4n) is 6.61. The molecular weight excluding hydrogens is 504 g/mol. The van der Waals surface area contributed by atoms with E-state index in [1.807, 2.05) is 6.07 Å². The fraction of sp³-hybridized carbons (Fsp3) is 0. The lowest BCUT2D eigenvalue weighted by atomic mass is 9.84. The maximum absolute atomic E-state index is 6.46. The molecule has 0 aliphatic rings. The van der Waals surface area contributed by atoms with Gasteiger partial charge in [-0.25, -0.2) is 0 Å². The van der Waals surface area contributed by atoms with Gasteiger partial charge in [0.05, 0.1) is 0 Å². The molecule has 0 aliphatic carbocycles. The molecule has 9 aromatic rings. The lowest BCUT2D eigenvalue weighted by Crippen LogP contribution is -1.91. The smallest absolute Gasteiger partial charge is 0.137 e. The summed E-state index contributed by atoms with van der Waals surface area (Å²) in [6, 6.07) is 46.1. The first-order valence-corrected chi connectivity index (χ1v) is 14.5. The summed E-state index contributed by atoms with van der Waals surface area (Å²) in [7, 11) is 0. The van der Waals surface area contributed by atoms with E-state index in [9.17, 15) is 0 Å². The van der Waals surface area contributed by atoms with Crippen LogP contribution in [0, 0.1) is 0 Å². The van der Waals surface area contributed by atoms with Gasteiger partial charge in [-0.1, -0.05) is 103 Å².